The van der Waals surface area contributed by atoms with Gasteiger partial charge in [-0.15, -0.1) is 0 Å². The van der Waals surface area contributed by atoms with Gasteiger partial charge in [0.05, 0.1) is 18.1 Å². The van der Waals surface area contributed by atoms with Crippen molar-refractivity contribution in [2.24, 2.45) is 0 Å². The van der Waals surface area contributed by atoms with Crippen LogP contribution in [-0.2, 0) is 19.6 Å². The predicted octanol–water partition coefficient (Wildman–Crippen LogP) is 2.65. The maximum atomic E-state index is 12.6. The molecule has 7 nitrogen and oxygen atoms in total. The summed E-state index contributed by atoms with van der Waals surface area (Å²) >= 11 is 0. The van der Waals surface area contributed by atoms with Crippen LogP contribution in [0.3, 0.4) is 0 Å². The molecule has 156 valence electrons. The number of morpholine rings is 1. The van der Waals surface area contributed by atoms with E-state index in [4.69, 9.17) is 9.47 Å². The summed E-state index contributed by atoms with van der Waals surface area (Å²) in [5.41, 5.74) is 3.92. The van der Waals surface area contributed by atoms with Crippen LogP contribution in [-0.4, -0.2) is 51.5 Å². The monoisotopic (exact) mass is 418 g/mol. The Labute approximate surface area is 171 Å². The molecule has 1 fully saturated rings. The SMILES string of the molecule is Cc1cc(C)c(NC(=O)COc2ccc(S(=O)(=O)N3CCOCC3)cc2)c(C)c1. The minimum atomic E-state index is -3.55. The number of anilines is 1. The Balaban J connectivity index is 1.60. The van der Waals surface area contributed by atoms with E-state index in [0.29, 0.717) is 32.1 Å². The Hall–Kier alpha value is -2.42. The lowest BCUT2D eigenvalue weighted by molar-refractivity contribution is -0.118. The van der Waals surface area contributed by atoms with Gasteiger partial charge < -0.3 is 14.8 Å². The third kappa shape index (κ3) is 5.14. The first-order valence-corrected chi connectivity index (χ1v) is 10.9. The Kier molecular flexibility index (Phi) is 6.56. The number of sulfonamides is 1. The van der Waals surface area contributed by atoms with Crippen molar-refractivity contribution >= 4 is 21.6 Å². The van der Waals surface area contributed by atoms with Crippen molar-refractivity contribution in [1.82, 2.24) is 4.31 Å². The third-order valence-corrected chi connectivity index (χ3v) is 6.66. The lowest BCUT2D eigenvalue weighted by Crippen LogP contribution is -2.40. The van der Waals surface area contributed by atoms with Gasteiger partial charge in [-0.3, -0.25) is 4.79 Å². The average molecular weight is 419 g/mol. The minimum Gasteiger partial charge on any atom is -0.484 e. The molecule has 0 aliphatic carbocycles. The molecule has 1 aliphatic rings. The number of nitrogens with one attached hydrogen (secondary N) is 1. The lowest BCUT2D eigenvalue weighted by Gasteiger charge is -2.26. The molecular weight excluding hydrogens is 392 g/mol. The van der Waals surface area contributed by atoms with Crippen molar-refractivity contribution in [3.05, 3.63) is 53.1 Å². The number of carbonyl (C=O) groups excluding carboxylic acids is 1. The van der Waals surface area contributed by atoms with Crippen LogP contribution in [0.25, 0.3) is 0 Å². The molecule has 0 saturated carbocycles. The summed E-state index contributed by atoms with van der Waals surface area (Å²) in [6, 6.07) is 10.1. The molecule has 1 amide bonds. The molecule has 2 aromatic rings. The number of hydrogen-bond acceptors (Lipinski definition) is 5. The summed E-state index contributed by atoms with van der Waals surface area (Å²) in [4.78, 5) is 12.5. The fourth-order valence-corrected chi connectivity index (χ4v) is 4.75. The zero-order valence-electron chi connectivity index (χ0n) is 16.9. The summed E-state index contributed by atoms with van der Waals surface area (Å²) in [6.07, 6.45) is 0. The zero-order chi connectivity index (χ0) is 21.0. The molecule has 0 spiro atoms. The number of hydrogen-bond donors (Lipinski definition) is 1. The number of carbonyl (C=O) groups is 1. The molecule has 29 heavy (non-hydrogen) atoms. The first kappa shape index (κ1) is 21.3. The van der Waals surface area contributed by atoms with Crippen molar-refractivity contribution in [3.8, 4) is 5.75 Å². The molecule has 1 N–H and O–H groups in total. The molecule has 1 saturated heterocycles. The van der Waals surface area contributed by atoms with E-state index in [1.807, 2.05) is 32.9 Å². The molecular formula is C21H26N2O5S. The number of aryl methyl sites for hydroxylation is 3. The smallest absolute Gasteiger partial charge is 0.262 e. The van der Waals surface area contributed by atoms with E-state index in [0.717, 1.165) is 22.4 Å². The normalized spacial score (nSPS) is 15.1. The molecule has 0 radical (unpaired) electrons. The Bertz CT molecular complexity index is 958. The van der Waals surface area contributed by atoms with E-state index in [2.05, 4.69) is 5.32 Å². The van der Waals surface area contributed by atoms with Gasteiger partial charge in [-0.25, -0.2) is 8.42 Å². The molecule has 0 unspecified atom stereocenters. The van der Waals surface area contributed by atoms with Crippen LogP contribution < -0.4 is 10.1 Å². The van der Waals surface area contributed by atoms with Gasteiger partial charge in [0.2, 0.25) is 10.0 Å². The summed E-state index contributed by atoms with van der Waals surface area (Å²) in [5.74, 6) is 0.156. The number of rotatable bonds is 6. The quantitative estimate of drug-likeness (QED) is 0.780. The summed E-state index contributed by atoms with van der Waals surface area (Å²) in [5, 5.41) is 2.88. The van der Waals surface area contributed by atoms with Crippen molar-refractivity contribution in [2.75, 3.05) is 38.2 Å². The van der Waals surface area contributed by atoms with Gasteiger partial charge in [-0.2, -0.15) is 4.31 Å². The highest BCUT2D eigenvalue weighted by atomic mass is 32.2. The average Bonchev–Trinajstić information content (AvgIpc) is 2.70. The van der Waals surface area contributed by atoms with Crippen molar-refractivity contribution < 1.29 is 22.7 Å². The van der Waals surface area contributed by atoms with Crippen LogP contribution in [0.4, 0.5) is 5.69 Å². The second-order valence-electron chi connectivity index (χ2n) is 7.10. The largest absolute Gasteiger partial charge is 0.484 e. The highest BCUT2D eigenvalue weighted by Gasteiger charge is 2.26. The molecule has 3 rings (SSSR count). The van der Waals surface area contributed by atoms with Crippen LogP contribution in [0.15, 0.2) is 41.3 Å². The molecule has 1 aliphatic heterocycles. The number of amides is 1. The molecule has 0 bridgehead atoms. The molecule has 0 aromatic heterocycles. The minimum absolute atomic E-state index is 0.164. The summed E-state index contributed by atoms with van der Waals surface area (Å²) < 4.78 is 37.4. The van der Waals surface area contributed by atoms with Crippen LogP contribution >= 0.6 is 0 Å². The van der Waals surface area contributed by atoms with E-state index in [1.54, 1.807) is 12.1 Å². The number of nitrogens with zero attached hydrogens (tertiary/aromatic N) is 1. The van der Waals surface area contributed by atoms with Crippen molar-refractivity contribution in [1.29, 1.82) is 0 Å². The fraction of sp³-hybridized carbons (Fsp3) is 0.381. The summed E-state index contributed by atoms with van der Waals surface area (Å²) in [7, 11) is -3.55. The van der Waals surface area contributed by atoms with Gasteiger partial charge >= 0.3 is 0 Å². The van der Waals surface area contributed by atoms with Gasteiger partial charge in [0.25, 0.3) is 5.91 Å². The Morgan fingerprint density at radius 2 is 1.66 bits per heavy atom. The van der Waals surface area contributed by atoms with Crippen LogP contribution in [0, 0.1) is 20.8 Å². The standard InChI is InChI=1S/C21H26N2O5S/c1-15-12-16(2)21(17(3)13-15)22-20(24)14-28-18-4-6-19(7-5-18)29(25,26)23-8-10-27-11-9-23/h4-7,12-13H,8-11,14H2,1-3H3,(H,22,24). The molecule has 0 atom stereocenters. The first-order chi connectivity index (χ1) is 13.8. The Morgan fingerprint density at radius 3 is 2.24 bits per heavy atom. The van der Waals surface area contributed by atoms with Gasteiger partial charge in [-0.05, 0) is 56.2 Å². The van der Waals surface area contributed by atoms with Crippen LogP contribution in [0.5, 0.6) is 5.75 Å². The van der Waals surface area contributed by atoms with Crippen molar-refractivity contribution in [3.63, 3.8) is 0 Å². The van der Waals surface area contributed by atoms with Crippen molar-refractivity contribution in [2.45, 2.75) is 25.7 Å². The molecule has 1 heterocycles. The second-order valence-corrected chi connectivity index (χ2v) is 9.04. The van der Waals surface area contributed by atoms with Gasteiger partial charge in [0.15, 0.2) is 6.61 Å². The Morgan fingerprint density at radius 1 is 1.07 bits per heavy atom. The van der Waals surface area contributed by atoms with Crippen LogP contribution in [0.1, 0.15) is 16.7 Å². The van der Waals surface area contributed by atoms with E-state index < -0.39 is 10.0 Å². The summed E-state index contributed by atoms with van der Waals surface area (Å²) in [6.45, 7) is 7.23. The van der Waals surface area contributed by atoms with Gasteiger partial charge in [-0.1, -0.05) is 17.7 Å². The van der Waals surface area contributed by atoms with E-state index in [-0.39, 0.29) is 17.4 Å². The third-order valence-electron chi connectivity index (χ3n) is 4.74. The highest BCUT2D eigenvalue weighted by molar-refractivity contribution is 7.89. The maximum Gasteiger partial charge on any atom is 0.262 e. The number of ether oxygens (including phenoxy) is 2. The first-order valence-electron chi connectivity index (χ1n) is 9.46. The molecule has 2 aromatic carbocycles. The fourth-order valence-electron chi connectivity index (χ4n) is 3.35. The van der Waals surface area contributed by atoms with Crippen LogP contribution in [0.2, 0.25) is 0 Å². The highest BCUT2D eigenvalue weighted by Crippen LogP contribution is 2.23. The maximum absolute atomic E-state index is 12.6. The molecule has 8 heteroatoms. The van der Waals surface area contributed by atoms with E-state index in [1.165, 1.54) is 16.4 Å². The van der Waals surface area contributed by atoms with Gasteiger partial charge in [0, 0.05) is 18.8 Å². The lowest BCUT2D eigenvalue weighted by atomic mass is 10.1. The predicted molar refractivity (Wildman–Crippen MR) is 111 cm³/mol. The van der Waals surface area contributed by atoms with E-state index in [9.17, 15) is 13.2 Å². The topological polar surface area (TPSA) is 84.9 Å². The zero-order valence-corrected chi connectivity index (χ0v) is 17.7. The second kappa shape index (κ2) is 8.94. The van der Waals surface area contributed by atoms with E-state index >= 15 is 0 Å². The van der Waals surface area contributed by atoms with Gasteiger partial charge in [0.1, 0.15) is 5.75 Å². The number of benzene rings is 2.